The number of hydrogen-bond acceptors (Lipinski definition) is 4. The van der Waals surface area contributed by atoms with Crippen LogP contribution in [0.2, 0.25) is 0 Å². The van der Waals surface area contributed by atoms with E-state index in [-0.39, 0.29) is 16.1 Å². The molecular weight excluding hydrogens is 366 g/mol. The van der Waals surface area contributed by atoms with E-state index in [9.17, 15) is 18.3 Å². The summed E-state index contributed by atoms with van der Waals surface area (Å²) in [5.41, 5.74) is 2.96. The van der Waals surface area contributed by atoms with Gasteiger partial charge in [-0.1, -0.05) is 17.7 Å². The molecule has 0 bridgehead atoms. The predicted molar refractivity (Wildman–Crippen MR) is 102 cm³/mol. The van der Waals surface area contributed by atoms with Crippen molar-refractivity contribution in [3.05, 3.63) is 71.0 Å². The third-order valence-electron chi connectivity index (χ3n) is 4.05. The van der Waals surface area contributed by atoms with Crippen molar-refractivity contribution < 1.29 is 18.3 Å². The van der Waals surface area contributed by atoms with Gasteiger partial charge >= 0.3 is 5.97 Å². The molecule has 0 fully saturated rings. The van der Waals surface area contributed by atoms with Crippen LogP contribution in [0.15, 0.2) is 53.4 Å². The molecule has 0 saturated heterocycles. The Morgan fingerprint density at radius 3 is 2.26 bits per heavy atom. The van der Waals surface area contributed by atoms with Gasteiger partial charge in [0.05, 0.1) is 21.8 Å². The van der Waals surface area contributed by atoms with Crippen LogP contribution in [-0.4, -0.2) is 29.3 Å². The molecule has 0 aliphatic rings. The Hall–Kier alpha value is -3.13. The van der Waals surface area contributed by atoms with Crippen molar-refractivity contribution in [2.75, 3.05) is 4.72 Å². The molecule has 0 saturated carbocycles. The Kier molecular flexibility index (Phi) is 4.75. The summed E-state index contributed by atoms with van der Waals surface area (Å²) in [6, 6.07) is 12.6. The Morgan fingerprint density at radius 2 is 1.70 bits per heavy atom. The summed E-state index contributed by atoms with van der Waals surface area (Å²) in [7, 11) is -3.82. The Morgan fingerprint density at radius 1 is 1.04 bits per heavy atom. The van der Waals surface area contributed by atoms with Gasteiger partial charge in [0, 0.05) is 11.4 Å². The first-order chi connectivity index (χ1) is 12.7. The molecule has 3 rings (SSSR count). The summed E-state index contributed by atoms with van der Waals surface area (Å²) < 4.78 is 29.0. The minimum absolute atomic E-state index is 0.0506. The van der Waals surface area contributed by atoms with E-state index in [0.29, 0.717) is 5.69 Å². The standard InChI is InChI=1S/C19H19N3O4S/c1-12-4-7-16(8-5-12)27(25,26)21-15-6-9-18(17(11-15)19(23)24)22-14(3)10-13(2)20-22/h4-11,21H,1-3H3,(H,23,24). The molecule has 0 atom stereocenters. The van der Waals surface area contributed by atoms with Gasteiger partial charge in [-0.15, -0.1) is 0 Å². The van der Waals surface area contributed by atoms with Gasteiger partial charge in [0.25, 0.3) is 10.0 Å². The maximum atomic E-state index is 12.5. The highest BCUT2D eigenvalue weighted by atomic mass is 32.2. The molecule has 0 amide bonds. The van der Waals surface area contributed by atoms with Crippen LogP contribution in [0.3, 0.4) is 0 Å². The molecular formula is C19H19N3O4S. The van der Waals surface area contributed by atoms with Crippen molar-refractivity contribution in [3.8, 4) is 5.69 Å². The summed E-state index contributed by atoms with van der Waals surface area (Å²) in [6.45, 7) is 5.49. The fourth-order valence-electron chi connectivity index (χ4n) is 2.76. The number of rotatable bonds is 5. The Balaban J connectivity index is 2.00. The van der Waals surface area contributed by atoms with Crippen LogP contribution in [0.5, 0.6) is 0 Å². The van der Waals surface area contributed by atoms with E-state index < -0.39 is 16.0 Å². The number of nitrogens with zero attached hydrogens (tertiary/aromatic N) is 2. The molecule has 0 aliphatic carbocycles. The zero-order valence-electron chi connectivity index (χ0n) is 15.1. The number of aryl methyl sites for hydroxylation is 3. The summed E-state index contributed by atoms with van der Waals surface area (Å²) in [6.07, 6.45) is 0. The van der Waals surface area contributed by atoms with Gasteiger partial charge in [-0.2, -0.15) is 5.10 Å². The number of carboxylic acids is 1. The van der Waals surface area contributed by atoms with Crippen LogP contribution < -0.4 is 4.72 Å². The van der Waals surface area contributed by atoms with Gasteiger partial charge in [0.15, 0.2) is 0 Å². The van der Waals surface area contributed by atoms with Crippen LogP contribution in [0, 0.1) is 20.8 Å². The molecule has 1 aromatic heterocycles. The highest BCUT2D eigenvalue weighted by molar-refractivity contribution is 7.92. The lowest BCUT2D eigenvalue weighted by atomic mass is 10.1. The lowest BCUT2D eigenvalue weighted by molar-refractivity contribution is 0.0696. The fraction of sp³-hybridized carbons (Fsp3) is 0.158. The maximum Gasteiger partial charge on any atom is 0.337 e. The fourth-order valence-corrected chi connectivity index (χ4v) is 3.81. The van der Waals surface area contributed by atoms with Crippen LogP contribution in [0.1, 0.15) is 27.3 Å². The third kappa shape index (κ3) is 3.85. The number of nitrogens with one attached hydrogen (secondary N) is 1. The molecule has 27 heavy (non-hydrogen) atoms. The van der Waals surface area contributed by atoms with Gasteiger partial charge in [-0.05, 0) is 57.2 Å². The molecule has 7 nitrogen and oxygen atoms in total. The van der Waals surface area contributed by atoms with Gasteiger partial charge in [-0.3, -0.25) is 4.72 Å². The van der Waals surface area contributed by atoms with Crippen LogP contribution in [0.25, 0.3) is 5.69 Å². The zero-order chi connectivity index (χ0) is 19.8. The Labute approximate surface area is 157 Å². The molecule has 2 aromatic carbocycles. The largest absolute Gasteiger partial charge is 0.478 e. The van der Waals surface area contributed by atoms with Gasteiger partial charge < -0.3 is 5.11 Å². The van der Waals surface area contributed by atoms with Crippen molar-refractivity contribution in [1.82, 2.24) is 9.78 Å². The van der Waals surface area contributed by atoms with E-state index in [4.69, 9.17) is 0 Å². The summed E-state index contributed by atoms with van der Waals surface area (Å²) >= 11 is 0. The average molecular weight is 385 g/mol. The molecule has 0 spiro atoms. The predicted octanol–water partition coefficient (Wildman–Crippen LogP) is 3.30. The van der Waals surface area contributed by atoms with Crippen LogP contribution in [0.4, 0.5) is 5.69 Å². The van der Waals surface area contributed by atoms with E-state index in [0.717, 1.165) is 17.0 Å². The number of carboxylic acid groups (broad SMARTS) is 1. The second kappa shape index (κ2) is 6.88. The van der Waals surface area contributed by atoms with Crippen molar-refractivity contribution in [2.24, 2.45) is 0 Å². The molecule has 3 aromatic rings. The van der Waals surface area contributed by atoms with E-state index in [1.807, 2.05) is 26.8 Å². The van der Waals surface area contributed by atoms with E-state index in [2.05, 4.69) is 9.82 Å². The zero-order valence-corrected chi connectivity index (χ0v) is 15.9. The smallest absolute Gasteiger partial charge is 0.337 e. The van der Waals surface area contributed by atoms with Crippen molar-refractivity contribution in [2.45, 2.75) is 25.7 Å². The monoisotopic (exact) mass is 385 g/mol. The molecule has 8 heteroatoms. The van der Waals surface area contributed by atoms with Crippen LogP contribution >= 0.6 is 0 Å². The number of carbonyl (C=O) groups is 1. The molecule has 0 aliphatic heterocycles. The number of sulfonamides is 1. The highest BCUT2D eigenvalue weighted by Gasteiger charge is 2.18. The molecule has 140 valence electrons. The van der Waals surface area contributed by atoms with Gasteiger partial charge in [-0.25, -0.2) is 17.9 Å². The van der Waals surface area contributed by atoms with E-state index in [1.54, 1.807) is 12.1 Å². The third-order valence-corrected chi connectivity index (χ3v) is 5.45. The van der Waals surface area contributed by atoms with E-state index in [1.165, 1.54) is 35.0 Å². The number of aromatic carboxylic acids is 1. The number of benzene rings is 2. The van der Waals surface area contributed by atoms with E-state index >= 15 is 0 Å². The first-order valence-corrected chi connectivity index (χ1v) is 9.66. The lowest BCUT2D eigenvalue weighted by Gasteiger charge is -2.12. The minimum Gasteiger partial charge on any atom is -0.478 e. The Bertz CT molecular complexity index is 1120. The normalized spacial score (nSPS) is 11.4. The second-order valence-electron chi connectivity index (χ2n) is 6.29. The highest BCUT2D eigenvalue weighted by Crippen LogP contribution is 2.23. The van der Waals surface area contributed by atoms with Crippen molar-refractivity contribution in [3.63, 3.8) is 0 Å². The van der Waals surface area contributed by atoms with Crippen molar-refractivity contribution >= 4 is 21.7 Å². The minimum atomic E-state index is -3.82. The average Bonchev–Trinajstić information content (AvgIpc) is 2.93. The number of anilines is 1. The number of hydrogen-bond donors (Lipinski definition) is 2. The van der Waals surface area contributed by atoms with Crippen molar-refractivity contribution in [1.29, 1.82) is 0 Å². The summed E-state index contributed by atoms with van der Waals surface area (Å²) in [4.78, 5) is 11.8. The summed E-state index contributed by atoms with van der Waals surface area (Å²) in [5, 5.41) is 13.9. The second-order valence-corrected chi connectivity index (χ2v) is 7.98. The molecule has 2 N–H and O–H groups in total. The lowest BCUT2D eigenvalue weighted by Crippen LogP contribution is -2.14. The SMILES string of the molecule is Cc1ccc(S(=O)(=O)Nc2ccc(-n3nc(C)cc3C)c(C(=O)O)c2)cc1. The molecule has 1 heterocycles. The first kappa shape index (κ1) is 18.7. The first-order valence-electron chi connectivity index (χ1n) is 8.18. The molecule has 0 radical (unpaired) electrons. The number of aromatic nitrogens is 2. The maximum absolute atomic E-state index is 12.5. The van der Waals surface area contributed by atoms with Gasteiger partial charge in [0.1, 0.15) is 0 Å². The summed E-state index contributed by atoms with van der Waals surface area (Å²) in [5.74, 6) is -1.17. The van der Waals surface area contributed by atoms with Crippen LogP contribution in [-0.2, 0) is 10.0 Å². The van der Waals surface area contributed by atoms with Gasteiger partial charge in [0.2, 0.25) is 0 Å². The topological polar surface area (TPSA) is 101 Å². The molecule has 0 unspecified atom stereocenters. The quantitative estimate of drug-likeness (QED) is 0.702.